The quantitative estimate of drug-likeness (QED) is 0.392. The number of aryl methyl sites for hydroxylation is 1. The topological polar surface area (TPSA) is 77.6 Å². The van der Waals surface area contributed by atoms with Gasteiger partial charge in [-0.1, -0.05) is 66.2 Å². The normalized spacial score (nSPS) is 11.8. The van der Waals surface area contributed by atoms with E-state index in [1.807, 2.05) is 60.9 Å². The first-order chi connectivity index (χ1) is 16.2. The van der Waals surface area contributed by atoms with Gasteiger partial charge in [-0.2, -0.15) is 0 Å². The zero-order chi connectivity index (χ0) is 22.6. The van der Waals surface area contributed by atoms with Gasteiger partial charge in [0.15, 0.2) is 5.82 Å². The molecule has 5 aromatic rings. The highest BCUT2D eigenvalue weighted by atomic mass is 14.9. The van der Waals surface area contributed by atoms with Gasteiger partial charge in [0.05, 0.1) is 17.4 Å². The van der Waals surface area contributed by atoms with Gasteiger partial charge in [-0.15, -0.1) is 0 Å². The first kappa shape index (κ1) is 20.7. The molecule has 0 spiro atoms. The van der Waals surface area contributed by atoms with Crippen molar-refractivity contribution < 1.29 is 0 Å². The lowest BCUT2D eigenvalue weighted by Gasteiger charge is -2.15. The van der Waals surface area contributed by atoms with Crippen molar-refractivity contribution in [1.29, 1.82) is 0 Å². The zero-order valence-corrected chi connectivity index (χ0v) is 18.3. The molecule has 1 unspecified atom stereocenters. The van der Waals surface area contributed by atoms with E-state index in [0.29, 0.717) is 5.82 Å². The Hall–Kier alpha value is -4.22. The maximum Gasteiger partial charge on any atom is 0.160 e. The smallest absolute Gasteiger partial charge is 0.160 e. The molecule has 0 aliphatic rings. The molecule has 0 saturated carbocycles. The van der Waals surface area contributed by atoms with Gasteiger partial charge in [0.25, 0.3) is 0 Å². The molecule has 0 aliphatic heterocycles. The average Bonchev–Trinajstić information content (AvgIpc) is 2.89. The van der Waals surface area contributed by atoms with Crippen LogP contribution in [-0.2, 0) is 0 Å². The lowest BCUT2D eigenvalue weighted by atomic mass is 10.0. The van der Waals surface area contributed by atoms with E-state index in [9.17, 15) is 0 Å². The molecule has 160 valence electrons. The van der Waals surface area contributed by atoms with E-state index in [1.165, 1.54) is 5.56 Å². The van der Waals surface area contributed by atoms with Crippen molar-refractivity contribution in [3.63, 3.8) is 0 Å². The molecule has 0 saturated heterocycles. The van der Waals surface area contributed by atoms with Gasteiger partial charge in [-0.25, -0.2) is 9.97 Å². The fourth-order valence-electron chi connectivity index (χ4n) is 3.70. The summed E-state index contributed by atoms with van der Waals surface area (Å²) in [6.07, 6.45) is 7.21. The minimum atomic E-state index is -0.420. The standard InChI is InChI=1S/C28H23N5/c1-19-9-11-20(12-10-19)23-14-24(18-31-17-23)25-15-26(27(29)22-8-5-13-30-16-22)33-28(32-25)21-6-3-2-4-7-21/h2-18,27H,29H2,1H3. The highest BCUT2D eigenvalue weighted by Gasteiger charge is 2.16. The maximum absolute atomic E-state index is 6.60. The minimum absolute atomic E-state index is 0.420. The number of aromatic nitrogens is 4. The Labute approximate surface area is 193 Å². The largest absolute Gasteiger partial charge is 0.319 e. The van der Waals surface area contributed by atoms with E-state index in [4.69, 9.17) is 15.7 Å². The summed E-state index contributed by atoms with van der Waals surface area (Å²) in [4.78, 5) is 18.4. The van der Waals surface area contributed by atoms with Crippen molar-refractivity contribution in [1.82, 2.24) is 19.9 Å². The molecule has 5 nitrogen and oxygen atoms in total. The summed E-state index contributed by atoms with van der Waals surface area (Å²) in [6.45, 7) is 2.08. The lowest BCUT2D eigenvalue weighted by molar-refractivity contribution is 0.818. The monoisotopic (exact) mass is 429 g/mol. The molecule has 0 radical (unpaired) electrons. The van der Waals surface area contributed by atoms with Crippen LogP contribution in [0.4, 0.5) is 0 Å². The predicted octanol–water partition coefficient (Wildman–Crippen LogP) is 5.62. The summed E-state index contributed by atoms with van der Waals surface area (Å²) < 4.78 is 0. The summed E-state index contributed by atoms with van der Waals surface area (Å²) in [5.41, 5.74) is 14.2. The second-order valence-corrected chi connectivity index (χ2v) is 7.96. The van der Waals surface area contributed by atoms with Crippen LogP contribution in [0.25, 0.3) is 33.8 Å². The molecule has 0 aliphatic carbocycles. The van der Waals surface area contributed by atoms with E-state index in [0.717, 1.165) is 39.2 Å². The Balaban J connectivity index is 1.62. The maximum atomic E-state index is 6.60. The number of nitrogens with two attached hydrogens (primary N) is 1. The molecule has 5 rings (SSSR count). The Kier molecular flexibility index (Phi) is 5.70. The van der Waals surface area contributed by atoms with E-state index < -0.39 is 6.04 Å². The van der Waals surface area contributed by atoms with Crippen molar-refractivity contribution >= 4 is 0 Å². The van der Waals surface area contributed by atoms with Crippen LogP contribution in [0.5, 0.6) is 0 Å². The van der Waals surface area contributed by atoms with Gasteiger partial charge >= 0.3 is 0 Å². The van der Waals surface area contributed by atoms with Crippen LogP contribution in [0.2, 0.25) is 0 Å². The van der Waals surface area contributed by atoms with Crippen molar-refractivity contribution in [2.75, 3.05) is 0 Å². The highest BCUT2D eigenvalue weighted by Crippen LogP contribution is 2.29. The Bertz CT molecular complexity index is 1370. The van der Waals surface area contributed by atoms with E-state index >= 15 is 0 Å². The third kappa shape index (κ3) is 4.54. The van der Waals surface area contributed by atoms with Crippen LogP contribution in [0, 0.1) is 6.92 Å². The number of pyridine rings is 2. The molecule has 0 bridgehead atoms. The molecular formula is C28H23N5. The van der Waals surface area contributed by atoms with E-state index in [1.54, 1.807) is 12.4 Å². The molecular weight excluding hydrogens is 406 g/mol. The first-order valence-corrected chi connectivity index (χ1v) is 10.8. The third-order valence-corrected chi connectivity index (χ3v) is 5.56. The first-order valence-electron chi connectivity index (χ1n) is 10.8. The number of benzene rings is 2. The van der Waals surface area contributed by atoms with Crippen LogP contribution >= 0.6 is 0 Å². The van der Waals surface area contributed by atoms with Crippen LogP contribution in [0.1, 0.15) is 22.9 Å². The lowest BCUT2D eigenvalue weighted by Crippen LogP contribution is -2.15. The summed E-state index contributed by atoms with van der Waals surface area (Å²) in [6, 6.07) is 25.8. The minimum Gasteiger partial charge on any atom is -0.319 e. The molecule has 5 heteroatoms. The van der Waals surface area contributed by atoms with Gasteiger partial charge in [0, 0.05) is 41.5 Å². The van der Waals surface area contributed by atoms with Gasteiger partial charge in [0.1, 0.15) is 0 Å². The summed E-state index contributed by atoms with van der Waals surface area (Å²) in [5.74, 6) is 0.628. The summed E-state index contributed by atoms with van der Waals surface area (Å²) >= 11 is 0. The predicted molar refractivity (Wildman–Crippen MR) is 131 cm³/mol. The molecule has 2 N–H and O–H groups in total. The Morgan fingerprint density at radius 2 is 1.45 bits per heavy atom. The molecule has 3 aromatic heterocycles. The second-order valence-electron chi connectivity index (χ2n) is 7.96. The third-order valence-electron chi connectivity index (χ3n) is 5.56. The van der Waals surface area contributed by atoms with Gasteiger partial charge < -0.3 is 5.73 Å². The molecule has 33 heavy (non-hydrogen) atoms. The van der Waals surface area contributed by atoms with Crippen molar-refractivity contribution in [3.8, 4) is 33.8 Å². The number of hydrogen-bond donors (Lipinski definition) is 1. The molecule has 2 aromatic carbocycles. The number of hydrogen-bond acceptors (Lipinski definition) is 5. The fourth-order valence-corrected chi connectivity index (χ4v) is 3.70. The Morgan fingerprint density at radius 3 is 2.21 bits per heavy atom. The van der Waals surface area contributed by atoms with Gasteiger partial charge in [-0.05, 0) is 36.2 Å². The van der Waals surface area contributed by atoms with Gasteiger partial charge in [0.2, 0.25) is 0 Å². The molecule has 1 atom stereocenters. The second kappa shape index (κ2) is 9.10. The fraction of sp³-hybridized carbons (Fsp3) is 0.0714. The molecule has 0 fully saturated rings. The van der Waals surface area contributed by atoms with Crippen LogP contribution in [0.3, 0.4) is 0 Å². The van der Waals surface area contributed by atoms with Crippen molar-refractivity contribution in [2.24, 2.45) is 5.73 Å². The number of nitrogens with zero attached hydrogens (tertiary/aromatic N) is 4. The van der Waals surface area contributed by atoms with E-state index in [-0.39, 0.29) is 0 Å². The molecule has 3 heterocycles. The van der Waals surface area contributed by atoms with Crippen molar-refractivity contribution in [3.05, 3.63) is 120 Å². The Morgan fingerprint density at radius 1 is 0.667 bits per heavy atom. The van der Waals surface area contributed by atoms with Crippen LogP contribution in [0.15, 0.2) is 104 Å². The van der Waals surface area contributed by atoms with Crippen LogP contribution in [-0.4, -0.2) is 19.9 Å². The SMILES string of the molecule is Cc1ccc(-c2cncc(-c3cc(C(N)c4cccnc4)nc(-c4ccccc4)n3)c2)cc1. The van der Waals surface area contributed by atoms with Gasteiger partial charge in [-0.3, -0.25) is 9.97 Å². The number of rotatable bonds is 5. The molecule has 0 amide bonds. The highest BCUT2D eigenvalue weighted by molar-refractivity contribution is 5.71. The summed E-state index contributed by atoms with van der Waals surface area (Å²) in [5, 5.41) is 0. The average molecular weight is 430 g/mol. The van der Waals surface area contributed by atoms with Crippen molar-refractivity contribution in [2.45, 2.75) is 13.0 Å². The van der Waals surface area contributed by atoms with E-state index in [2.05, 4.69) is 47.2 Å². The summed E-state index contributed by atoms with van der Waals surface area (Å²) in [7, 11) is 0. The zero-order valence-electron chi connectivity index (χ0n) is 18.3. The van der Waals surface area contributed by atoms with Crippen LogP contribution < -0.4 is 5.73 Å².